The molecular weight excluding hydrogens is 666 g/mol. The van der Waals surface area contributed by atoms with Crippen LogP contribution in [0, 0.1) is 5.92 Å². The SMILES string of the molecule is C[C@@H]1[C@@H]([Si](C)(C)O)[C@H](CC(=O)N2CCC[C@H]2CO)O[C@@]12C(=O)N(Cc1cccc(N(C=O)c3ccccc3)c1)c1ccc(Br)cc12. The highest BCUT2D eigenvalue weighted by Crippen LogP contribution is 2.60. The molecule has 0 unspecified atom stereocenters. The van der Waals surface area contributed by atoms with Gasteiger partial charge in [0, 0.05) is 39.4 Å². The quantitative estimate of drug-likeness (QED) is 0.226. The third-order valence-electron chi connectivity index (χ3n) is 9.90. The zero-order valence-electron chi connectivity index (χ0n) is 26.3. The first-order valence-electron chi connectivity index (χ1n) is 15.8. The highest BCUT2D eigenvalue weighted by molar-refractivity contribution is 9.10. The molecule has 46 heavy (non-hydrogen) atoms. The summed E-state index contributed by atoms with van der Waals surface area (Å²) in [5.41, 5.74) is 1.88. The predicted molar refractivity (Wildman–Crippen MR) is 182 cm³/mol. The Morgan fingerprint density at radius 3 is 2.54 bits per heavy atom. The number of hydrogen-bond donors (Lipinski definition) is 2. The fraction of sp³-hybridized carbons (Fsp3) is 0.400. The summed E-state index contributed by atoms with van der Waals surface area (Å²) in [4.78, 5) is 57.1. The average molecular weight is 707 g/mol. The van der Waals surface area contributed by atoms with Crippen LogP contribution in [0.3, 0.4) is 0 Å². The molecule has 6 rings (SSSR count). The Kier molecular flexibility index (Phi) is 8.99. The van der Waals surface area contributed by atoms with E-state index < -0.39 is 31.5 Å². The molecule has 0 aromatic heterocycles. The second-order valence-corrected chi connectivity index (χ2v) is 18.1. The van der Waals surface area contributed by atoms with E-state index in [9.17, 15) is 24.3 Å². The second-order valence-electron chi connectivity index (χ2n) is 13.2. The van der Waals surface area contributed by atoms with E-state index >= 15 is 0 Å². The van der Waals surface area contributed by atoms with Gasteiger partial charge in [0.05, 0.1) is 37.4 Å². The Bertz CT molecular complexity index is 1630. The number of aliphatic hydroxyl groups excluding tert-OH is 1. The largest absolute Gasteiger partial charge is 0.432 e. The van der Waals surface area contributed by atoms with Crippen molar-refractivity contribution < 1.29 is 29.0 Å². The molecule has 2 saturated heterocycles. The molecule has 0 radical (unpaired) electrons. The van der Waals surface area contributed by atoms with Crippen molar-refractivity contribution in [2.24, 2.45) is 5.92 Å². The van der Waals surface area contributed by atoms with Crippen LogP contribution in [0.4, 0.5) is 17.1 Å². The van der Waals surface area contributed by atoms with E-state index in [1.165, 1.54) is 0 Å². The molecule has 0 aliphatic carbocycles. The molecule has 3 heterocycles. The molecule has 3 aliphatic rings. The van der Waals surface area contributed by atoms with Crippen LogP contribution in [0.1, 0.15) is 37.3 Å². The number of benzene rings is 3. The van der Waals surface area contributed by atoms with Crippen LogP contribution in [0.25, 0.3) is 0 Å². The smallest absolute Gasteiger partial charge is 0.264 e. The van der Waals surface area contributed by atoms with E-state index in [0.29, 0.717) is 23.5 Å². The fourth-order valence-electron chi connectivity index (χ4n) is 7.90. The number of para-hydroxylation sites is 1. The van der Waals surface area contributed by atoms with Gasteiger partial charge in [0.25, 0.3) is 5.91 Å². The second kappa shape index (κ2) is 12.7. The molecule has 3 aliphatic heterocycles. The molecule has 3 aromatic carbocycles. The molecule has 1 spiro atoms. The summed E-state index contributed by atoms with van der Waals surface area (Å²) in [7, 11) is -2.96. The van der Waals surface area contributed by atoms with Crippen LogP contribution in [-0.2, 0) is 31.3 Å². The summed E-state index contributed by atoms with van der Waals surface area (Å²) in [6.45, 7) is 6.37. The van der Waals surface area contributed by atoms with Crippen LogP contribution in [0.15, 0.2) is 77.3 Å². The number of anilines is 3. The molecule has 9 nitrogen and oxygen atoms in total. The zero-order chi connectivity index (χ0) is 32.8. The van der Waals surface area contributed by atoms with E-state index in [1.807, 2.05) is 92.8 Å². The topological polar surface area (TPSA) is 111 Å². The monoisotopic (exact) mass is 705 g/mol. The summed E-state index contributed by atoms with van der Waals surface area (Å²) in [5.74, 6) is -0.771. The van der Waals surface area contributed by atoms with Crippen molar-refractivity contribution in [1.29, 1.82) is 0 Å². The van der Waals surface area contributed by atoms with Gasteiger partial charge in [-0.2, -0.15) is 0 Å². The number of hydrogen-bond acceptors (Lipinski definition) is 6. The number of likely N-dealkylation sites (tertiary alicyclic amines) is 1. The fourth-order valence-corrected chi connectivity index (χ4v) is 10.8. The maximum atomic E-state index is 14.8. The van der Waals surface area contributed by atoms with Crippen molar-refractivity contribution in [3.8, 4) is 0 Å². The number of amides is 3. The lowest BCUT2D eigenvalue weighted by atomic mass is 9.82. The van der Waals surface area contributed by atoms with Gasteiger partial charge in [-0.05, 0) is 74.0 Å². The Morgan fingerprint density at radius 2 is 1.85 bits per heavy atom. The standard InChI is InChI=1S/C35H40BrN3O6Si/c1-23-33(46(2,3)44)31(19-32(42)37-16-8-13-28(37)21-40)45-35(23)29-18-25(36)14-15-30(29)38(34(35)43)20-24-9-7-12-27(17-24)39(22-41)26-10-5-4-6-11-26/h4-7,9-12,14-15,17-18,22-23,28,31,33,40,44H,8,13,16,19-21H2,1-3H3/t23-,28+,31+,33-,35+/m1/s1. The van der Waals surface area contributed by atoms with Crippen molar-refractivity contribution in [1.82, 2.24) is 4.90 Å². The van der Waals surface area contributed by atoms with E-state index in [4.69, 9.17) is 4.74 Å². The molecule has 0 bridgehead atoms. The minimum absolute atomic E-state index is 0.0317. The highest BCUT2D eigenvalue weighted by atomic mass is 79.9. The molecule has 3 amide bonds. The van der Waals surface area contributed by atoms with Gasteiger partial charge in [-0.15, -0.1) is 0 Å². The van der Waals surface area contributed by atoms with Gasteiger partial charge in [-0.1, -0.05) is 53.2 Å². The molecule has 2 N–H and O–H groups in total. The maximum Gasteiger partial charge on any atom is 0.264 e. The lowest BCUT2D eigenvalue weighted by molar-refractivity contribution is -0.150. The summed E-state index contributed by atoms with van der Waals surface area (Å²) in [6.07, 6.45) is 1.73. The number of fused-ring (bicyclic) bond motifs is 2. The minimum atomic E-state index is -2.96. The van der Waals surface area contributed by atoms with Crippen LogP contribution >= 0.6 is 15.9 Å². The summed E-state index contributed by atoms with van der Waals surface area (Å²) in [6, 6.07) is 22.4. The van der Waals surface area contributed by atoms with Crippen molar-refractivity contribution in [3.63, 3.8) is 0 Å². The molecule has 11 heteroatoms. The molecular formula is C35H40BrN3O6Si. The first-order valence-corrected chi connectivity index (χ1v) is 19.6. The highest BCUT2D eigenvalue weighted by Gasteiger charge is 2.66. The molecule has 2 fully saturated rings. The van der Waals surface area contributed by atoms with E-state index in [1.54, 1.807) is 14.7 Å². The number of aliphatic hydroxyl groups is 1. The van der Waals surface area contributed by atoms with E-state index in [2.05, 4.69) is 15.9 Å². The van der Waals surface area contributed by atoms with Gasteiger partial charge in [-0.25, -0.2) is 0 Å². The number of ether oxygens (including phenoxy) is 1. The van der Waals surface area contributed by atoms with Crippen LogP contribution in [0.2, 0.25) is 18.6 Å². The van der Waals surface area contributed by atoms with E-state index in [0.717, 1.165) is 35.0 Å². The molecule has 0 saturated carbocycles. The van der Waals surface area contributed by atoms with Gasteiger partial charge in [0.2, 0.25) is 12.3 Å². The van der Waals surface area contributed by atoms with Crippen molar-refractivity contribution in [2.75, 3.05) is 23.0 Å². The minimum Gasteiger partial charge on any atom is -0.432 e. The van der Waals surface area contributed by atoms with Gasteiger partial charge >= 0.3 is 0 Å². The number of halogens is 1. The van der Waals surface area contributed by atoms with Crippen LogP contribution in [0.5, 0.6) is 0 Å². The van der Waals surface area contributed by atoms with Gasteiger partial charge in [-0.3, -0.25) is 19.3 Å². The van der Waals surface area contributed by atoms with Gasteiger partial charge in [0.1, 0.15) is 0 Å². The average Bonchev–Trinajstić information content (AvgIpc) is 3.69. The van der Waals surface area contributed by atoms with Crippen molar-refractivity contribution in [2.45, 2.75) is 69.1 Å². The summed E-state index contributed by atoms with van der Waals surface area (Å²) >= 11 is 3.60. The summed E-state index contributed by atoms with van der Waals surface area (Å²) in [5, 5.41) is 9.84. The van der Waals surface area contributed by atoms with Crippen molar-refractivity contribution in [3.05, 3.63) is 88.4 Å². The lowest BCUT2D eigenvalue weighted by Crippen LogP contribution is -2.46. The Balaban J connectivity index is 1.35. The third kappa shape index (κ3) is 5.62. The Morgan fingerprint density at radius 1 is 1.11 bits per heavy atom. The first-order chi connectivity index (χ1) is 22.0. The van der Waals surface area contributed by atoms with Crippen LogP contribution in [-0.4, -0.2) is 66.6 Å². The zero-order valence-corrected chi connectivity index (χ0v) is 28.9. The Labute approximate surface area is 279 Å². The van der Waals surface area contributed by atoms with Crippen molar-refractivity contribution >= 4 is 59.5 Å². The van der Waals surface area contributed by atoms with Crippen LogP contribution < -0.4 is 9.80 Å². The third-order valence-corrected chi connectivity index (χ3v) is 12.9. The normalized spacial score (nSPS) is 25.7. The van der Waals surface area contributed by atoms with E-state index in [-0.39, 0.29) is 37.4 Å². The number of carbonyl (C=O) groups excluding carboxylic acids is 3. The van der Waals surface area contributed by atoms with Gasteiger partial charge < -0.3 is 24.4 Å². The molecule has 242 valence electrons. The first kappa shape index (κ1) is 32.6. The molecule has 3 aromatic rings. The number of nitrogens with zero attached hydrogens (tertiary/aromatic N) is 3. The number of rotatable bonds is 9. The number of carbonyl (C=O) groups is 3. The molecule has 5 atom stereocenters. The maximum absolute atomic E-state index is 14.8. The van der Waals surface area contributed by atoms with Gasteiger partial charge in [0.15, 0.2) is 13.9 Å². The summed E-state index contributed by atoms with van der Waals surface area (Å²) < 4.78 is 7.65. The lowest BCUT2D eigenvalue weighted by Gasteiger charge is -2.33. The Hall–Kier alpha value is -3.35. The predicted octanol–water partition coefficient (Wildman–Crippen LogP) is 5.46.